The Labute approximate surface area is 150 Å². The maximum Gasteiger partial charge on any atom is 0.237 e. The van der Waals surface area contributed by atoms with Gasteiger partial charge in [-0.1, -0.05) is 60.7 Å². The number of nitrogens with one attached hydrogen (secondary N) is 1. The molecule has 1 heterocycles. The highest BCUT2D eigenvalue weighted by molar-refractivity contribution is 5.81. The van der Waals surface area contributed by atoms with Crippen LogP contribution in [0.5, 0.6) is 0 Å². The summed E-state index contributed by atoms with van der Waals surface area (Å²) < 4.78 is 0. The first-order valence-corrected chi connectivity index (χ1v) is 9.07. The lowest BCUT2D eigenvalue weighted by Gasteiger charge is -2.18. The van der Waals surface area contributed by atoms with Crippen molar-refractivity contribution in [2.75, 3.05) is 13.1 Å². The highest BCUT2D eigenvalue weighted by Gasteiger charge is 2.25. The van der Waals surface area contributed by atoms with E-state index in [0.717, 1.165) is 32.5 Å². The van der Waals surface area contributed by atoms with Crippen molar-refractivity contribution >= 4 is 5.91 Å². The van der Waals surface area contributed by atoms with Gasteiger partial charge in [0.05, 0.1) is 6.04 Å². The van der Waals surface area contributed by atoms with Crippen LogP contribution in [0.25, 0.3) is 0 Å². The van der Waals surface area contributed by atoms with Crippen LogP contribution < -0.4 is 11.1 Å². The van der Waals surface area contributed by atoms with Crippen LogP contribution >= 0.6 is 0 Å². The Morgan fingerprint density at radius 1 is 1.08 bits per heavy atom. The number of nitrogens with two attached hydrogens (primary N) is 1. The molecular formula is C21H27N3O. The predicted octanol–water partition coefficient (Wildman–Crippen LogP) is 2.34. The third-order valence-corrected chi connectivity index (χ3v) is 4.79. The van der Waals surface area contributed by atoms with Gasteiger partial charge in [0, 0.05) is 25.7 Å². The number of hydrogen-bond acceptors (Lipinski definition) is 3. The molecule has 132 valence electrons. The van der Waals surface area contributed by atoms with Crippen molar-refractivity contribution in [3.63, 3.8) is 0 Å². The van der Waals surface area contributed by atoms with Gasteiger partial charge in [-0.2, -0.15) is 0 Å². The van der Waals surface area contributed by atoms with E-state index in [2.05, 4.69) is 46.6 Å². The van der Waals surface area contributed by atoms with Gasteiger partial charge in [0.15, 0.2) is 0 Å². The van der Waals surface area contributed by atoms with Crippen LogP contribution in [-0.2, 0) is 17.8 Å². The molecule has 1 amide bonds. The molecule has 0 saturated carbocycles. The van der Waals surface area contributed by atoms with E-state index in [9.17, 15) is 4.79 Å². The monoisotopic (exact) mass is 337 g/mol. The topological polar surface area (TPSA) is 58.4 Å². The van der Waals surface area contributed by atoms with Gasteiger partial charge in [0.1, 0.15) is 0 Å². The van der Waals surface area contributed by atoms with Crippen LogP contribution in [0.15, 0.2) is 60.7 Å². The predicted molar refractivity (Wildman–Crippen MR) is 101 cm³/mol. The number of nitrogens with zero attached hydrogens (tertiary/aromatic N) is 1. The third-order valence-electron chi connectivity index (χ3n) is 4.79. The second-order valence-corrected chi connectivity index (χ2v) is 6.85. The molecule has 25 heavy (non-hydrogen) atoms. The Morgan fingerprint density at radius 2 is 1.72 bits per heavy atom. The second-order valence-electron chi connectivity index (χ2n) is 6.85. The minimum atomic E-state index is -0.441. The summed E-state index contributed by atoms with van der Waals surface area (Å²) in [5.74, 6) is -0.0255. The van der Waals surface area contributed by atoms with Gasteiger partial charge in [-0.3, -0.25) is 9.69 Å². The highest BCUT2D eigenvalue weighted by atomic mass is 16.2. The number of benzene rings is 2. The Morgan fingerprint density at radius 3 is 2.40 bits per heavy atom. The average molecular weight is 337 g/mol. The lowest BCUT2D eigenvalue weighted by atomic mass is 10.1. The Hall–Kier alpha value is -2.17. The van der Waals surface area contributed by atoms with Crippen LogP contribution in [0.3, 0.4) is 0 Å². The quantitative estimate of drug-likeness (QED) is 0.815. The van der Waals surface area contributed by atoms with Crippen molar-refractivity contribution in [2.24, 2.45) is 5.73 Å². The first-order chi connectivity index (χ1) is 12.2. The number of likely N-dealkylation sites (tertiary alicyclic amines) is 1. The molecule has 1 saturated heterocycles. The first kappa shape index (κ1) is 17.6. The molecule has 1 unspecified atom stereocenters. The molecule has 3 rings (SSSR count). The van der Waals surface area contributed by atoms with Crippen molar-refractivity contribution in [2.45, 2.75) is 37.9 Å². The summed E-state index contributed by atoms with van der Waals surface area (Å²) in [6.07, 6.45) is 2.50. The van der Waals surface area contributed by atoms with Gasteiger partial charge < -0.3 is 11.1 Å². The minimum absolute atomic E-state index is 0.0255. The number of aryl methyl sites for hydroxylation is 1. The van der Waals surface area contributed by atoms with Gasteiger partial charge in [0.25, 0.3) is 0 Å². The van der Waals surface area contributed by atoms with Gasteiger partial charge in [-0.05, 0) is 30.4 Å². The fraction of sp³-hybridized carbons (Fsp3) is 0.381. The number of amides is 1. The lowest BCUT2D eigenvalue weighted by molar-refractivity contribution is -0.123. The summed E-state index contributed by atoms with van der Waals surface area (Å²) in [6, 6.07) is 20.4. The summed E-state index contributed by atoms with van der Waals surface area (Å²) in [7, 11) is 0. The molecule has 4 nitrogen and oxygen atoms in total. The zero-order valence-electron chi connectivity index (χ0n) is 14.6. The zero-order chi connectivity index (χ0) is 17.5. The highest BCUT2D eigenvalue weighted by Crippen LogP contribution is 2.14. The van der Waals surface area contributed by atoms with Crippen LogP contribution in [0.2, 0.25) is 0 Å². The maximum atomic E-state index is 12.3. The van der Waals surface area contributed by atoms with E-state index in [4.69, 9.17) is 5.73 Å². The molecule has 2 aromatic rings. The molecule has 0 radical (unpaired) electrons. The van der Waals surface area contributed by atoms with Crippen molar-refractivity contribution in [3.8, 4) is 0 Å². The fourth-order valence-corrected chi connectivity index (χ4v) is 3.34. The number of rotatable bonds is 7. The van der Waals surface area contributed by atoms with Crippen LogP contribution in [0.4, 0.5) is 0 Å². The molecule has 3 N–H and O–H groups in total. The largest absolute Gasteiger partial charge is 0.351 e. The average Bonchev–Trinajstić information content (AvgIpc) is 3.08. The van der Waals surface area contributed by atoms with Crippen molar-refractivity contribution in [3.05, 3.63) is 71.8 Å². The molecule has 1 aliphatic heterocycles. The van der Waals surface area contributed by atoms with Gasteiger partial charge in [-0.25, -0.2) is 0 Å². The van der Waals surface area contributed by atoms with Crippen molar-refractivity contribution in [1.29, 1.82) is 0 Å². The lowest BCUT2D eigenvalue weighted by Crippen LogP contribution is -2.46. The summed E-state index contributed by atoms with van der Waals surface area (Å²) in [5, 5.41) is 3.13. The van der Waals surface area contributed by atoms with Crippen LogP contribution in [0, 0.1) is 0 Å². The van der Waals surface area contributed by atoms with E-state index >= 15 is 0 Å². The van der Waals surface area contributed by atoms with E-state index in [-0.39, 0.29) is 11.9 Å². The van der Waals surface area contributed by atoms with Crippen molar-refractivity contribution < 1.29 is 4.79 Å². The fourth-order valence-electron chi connectivity index (χ4n) is 3.34. The molecule has 2 atom stereocenters. The maximum absolute atomic E-state index is 12.3. The van der Waals surface area contributed by atoms with Gasteiger partial charge in [0.2, 0.25) is 5.91 Å². The molecule has 0 aromatic heterocycles. The van der Waals surface area contributed by atoms with Gasteiger partial charge >= 0.3 is 0 Å². The first-order valence-electron chi connectivity index (χ1n) is 9.07. The second kappa shape index (κ2) is 8.79. The van der Waals surface area contributed by atoms with E-state index in [0.29, 0.717) is 6.42 Å². The molecule has 1 fully saturated rings. The zero-order valence-corrected chi connectivity index (χ0v) is 14.6. The van der Waals surface area contributed by atoms with E-state index < -0.39 is 6.04 Å². The Balaban J connectivity index is 1.40. The summed E-state index contributed by atoms with van der Waals surface area (Å²) in [5.41, 5.74) is 8.61. The number of carbonyl (C=O) groups excluding carboxylic acids is 1. The van der Waals surface area contributed by atoms with Crippen molar-refractivity contribution in [1.82, 2.24) is 10.2 Å². The molecule has 4 heteroatoms. The molecule has 0 aliphatic carbocycles. The Kier molecular flexibility index (Phi) is 6.20. The molecule has 2 aromatic carbocycles. The SMILES string of the molecule is N[C@@H](CCc1ccccc1)C(=O)NC1CCN(Cc2ccccc2)C1. The van der Waals surface area contributed by atoms with E-state index in [1.807, 2.05) is 24.3 Å². The van der Waals surface area contributed by atoms with E-state index in [1.165, 1.54) is 11.1 Å². The summed E-state index contributed by atoms with van der Waals surface area (Å²) in [6.45, 7) is 2.85. The summed E-state index contributed by atoms with van der Waals surface area (Å²) >= 11 is 0. The van der Waals surface area contributed by atoms with Crippen LogP contribution in [0.1, 0.15) is 24.0 Å². The molecule has 0 bridgehead atoms. The molecule has 0 spiro atoms. The number of hydrogen-bond donors (Lipinski definition) is 2. The van der Waals surface area contributed by atoms with Crippen LogP contribution in [-0.4, -0.2) is 36.0 Å². The Bertz CT molecular complexity index is 659. The minimum Gasteiger partial charge on any atom is -0.351 e. The smallest absolute Gasteiger partial charge is 0.237 e. The standard InChI is InChI=1S/C21H27N3O/c22-20(12-11-17-7-3-1-4-8-17)21(25)23-19-13-14-24(16-19)15-18-9-5-2-6-10-18/h1-10,19-20H,11-16,22H2,(H,23,25)/t19?,20-/m0/s1. The molecule has 1 aliphatic rings. The molecular weight excluding hydrogens is 310 g/mol. The summed E-state index contributed by atoms with van der Waals surface area (Å²) in [4.78, 5) is 14.7. The van der Waals surface area contributed by atoms with E-state index in [1.54, 1.807) is 0 Å². The van der Waals surface area contributed by atoms with Gasteiger partial charge in [-0.15, -0.1) is 0 Å². The number of carbonyl (C=O) groups is 1. The third kappa shape index (κ3) is 5.41. The normalized spacial score (nSPS) is 18.8.